The highest BCUT2D eigenvalue weighted by Crippen LogP contribution is 2.61. The van der Waals surface area contributed by atoms with E-state index in [4.69, 9.17) is 4.42 Å². The molecule has 280 valence electrons. The van der Waals surface area contributed by atoms with Crippen LogP contribution in [0.1, 0.15) is 62.6 Å². The van der Waals surface area contributed by atoms with Gasteiger partial charge in [0, 0.05) is 33.2 Å². The molecule has 8 aromatic carbocycles. The highest BCUT2D eigenvalue weighted by atomic mass is 16.3. The van der Waals surface area contributed by atoms with Crippen LogP contribution in [0.3, 0.4) is 0 Å². The van der Waals surface area contributed by atoms with Gasteiger partial charge >= 0.3 is 0 Å². The summed E-state index contributed by atoms with van der Waals surface area (Å²) in [6.45, 7) is 4.92. The maximum absolute atomic E-state index is 6.32. The Labute approximate surface area is 340 Å². The lowest BCUT2D eigenvalue weighted by Gasteiger charge is -2.34. The number of para-hydroxylation sites is 1. The largest absolute Gasteiger partial charge is 0.456 e. The molecule has 0 saturated heterocycles. The van der Waals surface area contributed by atoms with Crippen molar-refractivity contribution in [3.05, 3.63) is 187 Å². The van der Waals surface area contributed by atoms with E-state index in [1.165, 1.54) is 81.8 Å². The maximum atomic E-state index is 6.32. The van der Waals surface area contributed by atoms with E-state index in [-0.39, 0.29) is 5.41 Å². The Morgan fingerprint density at radius 3 is 1.90 bits per heavy atom. The summed E-state index contributed by atoms with van der Waals surface area (Å²) in [5.74, 6) is 0.908. The predicted octanol–water partition coefficient (Wildman–Crippen LogP) is 15.7. The Morgan fingerprint density at radius 1 is 0.500 bits per heavy atom. The van der Waals surface area contributed by atoms with Gasteiger partial charge in [0.05, 0.1) is 0 Å². The monoisotopic (exact) mass is 747 g/mol. The Morgan fingerprint density at radius 2 is 1.14 bits per heavy atom. The molecule has 2 nitrogen and oxygen atoms in total. The molecule has 0 radical (unpaired) electrons. The van der Waals surface area contributed by atoms with Crippen LogP contribution >= 0.6 is 0 Å². The van der Waals surface area contributed by atoms with Crippen molar-refractivity contribution in [2.45, 2.75) is 56.8 Å². The van der Waals surface area contributed by atoms with Crippen LogP contribution in [0.5, 0.6) is 0 Å². The van der Waals surface area contributed by atoms with Gasteiger partial charge in [0.25, 0.3) is 0 Å². The number of fused-ring (bicyclic) bond motifs is 9. The summed E-state index contributed by atoms with van der Waals surface area (Å²) in [7, 11) is 0. The molecule has 1 heterocycles. The molecular weight excluding hydrogens is 703 g/mol. The SMILES string of the molecule is CC1(C)c2ccc(N(c3ccc(-c4cccc5cccc(-c6ccccc6)c45)cc3)c3ccc4oc5ccccc5c4c3)cc2-c2cccc(C34CCC(CC3)C4)c21. The molecule has 0 amide bonds. The van der Waals surface area contributed by atoms with Crippen molar-refractivity contribution in [3.63, 3.8) is 0 Å². The first kappa shape index (κ1) is 33.7. The second-order valence-electron chi connectivity index (χ2n) is 17.7. The third-order valence-electron chi connectivity index (χ3n) is 14.3. The molecule has 1 aromatic heterocycles. The van der Waals surface area contributed by atoms with E-state index in [9.17, 15) is 0 Å². The quantitative estimate of drug-likeness (QED) is 0.168. The van der Waals surface area contributed by atoms with E-state index in [1.807, 2.05) is 6.07 Å². The Balaban J connectivity index is 1.02. The Bertz CT molecular complexity index is 3060. The molecule has 0 aliphatic heterocycles. The first-order valence-corrected chi connectivity index (χ1v) is 21.1. The first-order chi connectivity index (χ1) is 28.4. The molecule has 0 spiro atoms. The van der Waals surface area contributed by atoms with Crippen molar-refractivity contribution in [2.24, 2.45) is 5.92 Å². The Kier molecular flexibility index (Phi) is 7.30. The highest BCUT2D eigenvalue weighted by molar-refractivity contribution is 6.08. The minimum atomic E-state index is -0.0621. The zero-order valence-corrected chi connectivity index (χ0v) is 33.1. The van der Waals surface area contributed by atoms with Gasteiger partial charge in [0.2, 0.25) is 0 Å². The van der Waals surface area contributed by atoms with Crippen LogP contribution in [-0.4, -0.2) is 0 Å². The third kappa shape index (κ3) is 4.97. The van der Waals surface area contributed by atoms with Crippen molar-refractivity contribution in [1.82, 2.24) is 0 Å². The molecule has 2 fully saturated rings. The lowest BCUT2D eigenvalue weighted by Crippen LogP contribution is -2.26. The van der Waals surface area contributed by atoms with Gasteiger partial charge < -0.3 is 9.32 Å². The summed E-state index contributed by atoms with van der Waals surface area (Å²) in [6.07, 6.45) is 6.82. The molecule has 2 saturated carbocycles. The molecule has 9 aromatic rings. The van der Waals surface area contributed by atoms with E-state index in [2.05, 4.69) is 183 Å². The minimum Gasteiger partial charge on any atom is -0.456 e. The van der Waals surface area contributed by atoms with Gasteiger partial charge in [0.15, 0.2) is 0 Å². The topological polar surface area (TPSA) is 16.4 Å². The van der Waals surface area contributed by atoms with Crippen molar-refractivity contribution in [1.29, 1.82) is 0 Å². The lowest BCUT2D eigenvalue weighted by atomic mass is 9.70. The van der Waals surface area contributed by atoms with E-state index in [1.54, 1.807) is 11.1 Å². The fraction of sp³-hybridized carbons (Fsp3) is 0.179. The average molecular weight is 748 g/mol. The molecule has 12 rings (SSSR count). The number of nitrogens with zero attached hydrogens (tertiary/aromatic N) is 1. The Hall–Kier alpha value is -6.38. The molecule has 0 unspecified atom stereocenters. The van der Waals surface area contributed by atoms with Crippen molar-refractivity contribution in [2.75, 3.05) is 4.90 Å². The van der Waals surface area contributed by atoms with Crippen LogP contribution in [0.15, 0.2) is 174 Å². The highest BCUT2D eigenvalue weighted by Gasteiger charge is 2.50. The molecule has 58 heavy (non-hydrogen) atoms. The standard InChI is InChI=1S/C56H45NO/c1-55(2)49-27-25-41(33-47(49)46-18-10-19-50(54(46)55)56-31-29-36(35-56)30-32-56)57(42-26-28-52-48(34-42)45-15-6-7-20-51(45)58-52)40-23-21-38(22-24-40)44-17-9-14-39-13-8-16-43(53(39)44)37-11-4-3-5-12-37/h3-28,33-34,36H,29-32,35H2,1-2H3. The number of rotatable bonds is 6. The van der Waals surface area contributed by atoms with Gasteiger partial charge in [-0.2, -0.15) is 0 Å². The first-order valence-electron chi connectivity index (χ1n) is 21.1. The fourth-order valence-electron chi connectivity index (χ4n) is 11.6. The second-order valence-corrected chi connectivity index (χ2v) is 17.7. The zero-order valence-electron chi connectivity index (χ0n) is 33.1. The number of benzene rings is 8. The third-order valence-corrected chi connectivity index (χ3v) is 14.3. The van der Waals surface area contributed by atoms with Crippen LogP contribution in [-0.2, 0) is 10.8 Å². The molecule has 2 heteroatoms. The molecule has 3 aliphatic carbocycles. The lowest BCUT2D eigenvalue weighted by molar-refractivity contribution is 0.412. The summed E-state index contributed by atoms with van der Waals surface area (Å²) in [6, 6.07) is 62.8. The molecule has 2 bridgehead atoms. The van der Waals surface area contributed by atoms with E-state index >= 15 is 0 Å². The van der Waals surface area contributed by atoms with Gasteiger partial charge in [-0.15, -0.1) is 0 Å². The van der Waals surface area contributed by atoms with Crippen LogP contribution < -0.4 is 4.90 Å². The summed E-state index contributed by atoms with van der Waals surface area (Å²) in [5, 5.41) is 4.79. The van der Waals surface area contributed by atoms with Crippen molar-refractivity contribution in [3.8, 4) is 33.4 Å². The number of furan rings is 1. The van der Waals surface area contributed by atoms with Gasteiger partial charge in [-0.1, -0.05) is 135 Å². The molecular formula is C56H45NO. The van der Waals surface area contributed by atoms with Gasteiger partial charge in [0.1, 0.15) is 11.2 Å². The predicted molar refractivity (Wildman–Crippen MR) is 243 cm³/mol. The van der Waals surface area contributed by atoms with Crippen molar-refractivity contribution >= 4 is 49.8 Å². The number of hydrogen-bond donors (Lipinski definition) is 0. The van der Waals surface area contributed by atoms with Gasteiger partial charge in [-0.05, 0) is 153 Å². The summed E-state index contributed by atoms with van der Waals surface area (Å²) in [5.41, 5.74) is 17.8. The second kappa shape index (κ2) is 12.6. The van der Waals surface area contributed by atoms with Crippen LogP contribution in [0.2, 0.25) is 0 Å². The molecule has 3 aliphatic rings. The molecule has 0 N–H and O–H groups in total. The summed E-state index contributed by atoms with van der Waals surface area (Å²) in [4.78, 5) is 2.44. The smallest absolute Gasteiger partial charge is 0.135 e. The average Bonchev–Trinajstić information content (AvgIpc) is 4.05. The number of anilines is 3. The van der Waals surface area contributed by atoms with Gasteiger partial charge in [-0.3, -0.25) is 0 Å². The van der Waals surface area contributed by atoms with E-state index < -0.39 is 0 Å². The summed E-state index contributed by atoms with van der Waals surface area (Å²) < 4.78 is 6.32. The maximum Gasteiger partial charge on any atom is 0.135 e. The van der Waals surface area contributed by atoms with Gasteiger partial charge in [-0.25, -0.2) is 0 Å². The zero-order chi connectivity index (χ0) is 38.6. The van der Waals surface area contributed by atoms with Crippen LogP contribution in [0.4, 0.5) is 17.1 Å². The van der Waals surface area contributed by atoms with Crippen LogP contribution in [0.25, 0.3) is 66.1 Å². The molecule has 0 atom stereocenters. The van der Waals surface area contributed by atoms with E-state index in [0.29, 0.717) is 5.41 Å². The van der Waals surface area contributed by atoms with Crippen molar-refractivity contribution < 1.29 is 4.42 Å². The fourth-order valence-corrected chi connectivity index (χ4v) is 11.6. The number of hydrogen-bond acceptors (Lipinski definition) is 2. The summed E-state index contributed by atoms with van der Waals surface area (Å²) >= 11 is 0. The van der Waals surface area contributed by atoms with Crippen LogP contribution in [0, 0.1) is 5.92 Å². The van der Waals surface area contributed by atoms with E-state index in [0.717, 1.165) is 44.9 Å². The minimum absolute atomic E-state index is 0.0621. The normalized spacial score (nSPS) is 18.9.